The molecule has 1 aromatic carbocycles. The highest BCUT2D eigenvalue weighted by Crippen LogP contribution is 2.43. The Labute approximate surface area is 132 Å². The van der Waals surface area contributed by atoms with Crippen molar-refractivity contribution < 1.29 is 13.9 Å². The van der Waals surface area contributed by atoms with Gasteiger partial charge in [0.05, 0.1) is 11.7 Å². The number of halogens is 1. The molecule has 2 fully saturated rings. The van der Waals surface area contributed by atoms with Gasteiger partial charge in [-0.1, -0.05) is 6.07 Å². The fraction of sp³-hybridized carbons (Fsp3) is 0.667. The molecule has 1 aliphatic heterocycles. The van der Waals surface area contributed by atoms with Crippen molar-refractivity contribution in [2.24, 2.45) is 0 Å². The van der Waals surface area contributed by atoms with Gasteiger partial charge in [0.2, 0.25) is 0 Å². The van der Waals surface area contributed by atoms with Crippen LogP contribution in [0.2, 0.25) is 0 Å². The van der Waals surface area contributed by atoms with Crippen molar-refractivity contribution in [2.45, 2.75) is 56.9 Å². The molecule has 1 heterocycles. The number of rotatable bonds is 4. The number of ether oxygens (including phenoxy) is 2. The number of nitrogens with zero attached hydrogens (tertiary/aromatic N) is 1. The molecule has 2 aliphatic rings. The zero-order valence-corrected chi connectivity index (χ0v) is 13.8. The van der Waals surface area contributed by atoms with Gasteiger partial charge >= 0.3 is 0 Å². The van der Waals surface area contributed by atoms with Crippen molar-refractivity contribution in [1.82, 2.24) is 4.90 Å². The predicted molar refractivity (Wildman–Crippen MR) is 84.3 cm³/mol. The van der Waals surface area contributed by atoms with E-state index in [-0.39, 0.29) is 11.4 Å². The molecule has 0 radical (unpaired) electrons. The highest BCUT2D eigenvalue weighted by atomic mass is 19.1. The summed E-state index contributed by atoms with van der Waals surface area (Å²) in [4.78, 5) is 2.45. The van der Waals surface area contributed by atoms with Crippen LogP contribution in [0.4, 0.5) is 4.39 Å². The highest BCUT2D eigenvalue weighted by Gasteiger charge is 2.50. The monoisotopic (exact) mass is 307 g/mol. The molecule has 0 aromatic heterocycles. The Morgan fingerprint density at radius 2 is 2.14 bits per heavy atom. The van der Waals surface area contributed by atoms with E-state index >= 15 is 0 Å². The van der Waals surface area contributed by atoms with E-state index < -0.39 is 0 Å². The van der Waals surface area contributed by atoms with E-state index in [4.69, 9.17) is 9.47 Å². The maximum Gasteiger partial charge on any atom is 0.123 e. The molecule has 0 amide bonds. The van der Waals surface area contributed by atoms with Crippen LogP contribution in [-0.2, 0) is 16.0 Å². The zero-order chi connectivity index (χ0) is 15.7. The molecule has 0 bridgehead atoms. The number of aryl methyl sites for hydroxylation is 1. The normalized spacial score (nSPS) is 32.2. The maximum absolute atomic E-state index is 13.5. The third kappa shape index (κ3) is 2.80. The summed E-state index contributed by atoms with van der Waals surface area (Å²) in [6.07, 6.45) is 4.47. The molecule has 3 rings (SSSR count). The lowest BCUT2D eigenvalue weighted by molar-refractivity contribution is -0.0947. The second kappa shape index (κ2) is 6.26. The average Bonchev–Trinajstić information content (AvgIpc) is 2.89. The Balaban J connectivity index is 1.80. The van der Waals surface area contributed by atoms with Crippen LogP contribution in [0, 0.1) is 12.7 Å². The second-order valence-corrected chi connectivity index (χ2v) is 6.71. The molecule has 0 N–H and O–H groups in total. The first-order valence-corrected chi connectivity index (χ1v) is 8.15. The molecule has 1 aliphatic carbocycles. The highest BCUT2D eigenvalue weighted by molar-refractivity contribution is 5.27. The Morgan fingerprint density at radius 1 is 1.32 bits per heavy atom. The predicted octanol–water partition coefficient (Wildman–Crippen LogP) is 3.29. The number of fused-ring (bicyclic) bond motifs is 1. The molecule has 22 heavy (non-hydrogen) atoms. The first kappa shape index (κ1) is 15.9. The number of benzene rings is 1. The van der Waals surface area contributed by atoms with Crippen LogP contribution >= 0.6 is 0 Å². The quantitative estimate of drug-likeness (QED) is 0.852. The second-order valence-electron chi connectivity index (χ2n) is 6.71. The number of hydrogen-bond donors (Lipinski definition) is 0. The molecular formula is C18H26FNO2. The standard InChI is InChI=1S/C18H26FNO2/c1-13-4-5-15(19)10-14(13)12-20-9-8-18(22-3)7-6-16(21-2)11-17(18)20/h4-5,10,16-17H,6-9,11-12H2,1-3H3/t16-,17+,18-/m1/s1. The fourth-order valence-electron chi connectivity index (χ4n) is 4.19. The molecule has 0 spiro atoms. The van der Waals surface area contributed by atoms with Gasteiger partial charge in [-0.05, 0) is 55.9 Å². The van der Waals surface area contributed by atoms with E-state index in [9.17, 15) is 4.39 Å². The first-order chi connectivity index (χ1) is 10.6. The van der Waals surface area contributed by atoms with Crippen molar-refractivity contribution in [1.29, 1.82) is 0 Å². The topological polar surface area (TPSA) is 21.7 Å². The fourth-order valence-corrected chi connectivity index (χ4v) is 4.19. The summed E-state index contributed by atoms with van der Waals surface area (Å²) in [6.45, 7) is 3.84. The minimum Gasteiger partial charge on any atom is -0.381 e. The van der Waals surface area contributed by atoms with Gasteiger partial charge in [-0.25, -0.2) is 4.39 Å². The van der Waals surface area contributed by atoms with Crippen molar-refractivity contribution >= 4 is 0 Å². The molecule has 3 nitrogen and oxygen atoms in total. The van der Waals surface area contributed by atoms with Crippen LogP contribution in [0.25, 0.3) is 0 Å². The van der Waals surface area contributed by atoms with Crippen molar-refractivity contribution in [3.05, 3.63) is 35.1 Å². The van der Waals surface area contributed by atoms with Crippen LogP contribution in [0.15, 0.2) is 18.2 Å². The van der Waals surface area contributed by atoms with Gasteiger partial charge in [-0.15, -0.1) is 0 Å². The SMILES string of the molecule is CO[C@@H]1CC[C@@]2(OC)CCN(Cc3cc(F)ccc3C)[C@H]2C1. The van der Waals surface area contributed by atoms with Crippen molar-refractivity contribution in [3.63, 3.8) is 0 Å². The molecule has 3 atom stereocenters. The summed E-state index contributed by atoms with van der Waals surface area (Å²) in [5.41, 5.74) is 2.18. The first-order valence-electron chi connectivity index (χ1n) is 8.15. The van der Waals surface area contributed by atoms with E-state index in [0.29, 0.717) is 12.1 Å². The van der Waals surface area contributed by atoms with Crippen molar-refractivity contribution in [3.8, 4) is 0 Å². The summed E-state index contributed by atoms with van der Waals surface area (Å²) in [5.74, 6) is -0.156. The van der Waals surface area contributed by atoms with Crippen LogP contribution < -0.4 is 0 Å². The van der Waals surface area contributed by atoms with Gasteiger partial charge < -0.3 is 9.47 Å². The van der Waals surface area contributed by atoms with Gasteiger partial charge in [-0.3, -0.25) is 4.90 Å². The van der Waals surface area contributed by atoms with E-state index in [1.54, 1.807) is 13.2 Å². The van der Waals surface area contributed by atoms with Gasteiger partial charge in [0.1, 0.15) is 5.82 Å². The molecular weight excluding hydrogens is 281 g/mol. The van der Waals surface area contributed by atoms with Gasteiger partial charge in [0.15, 0.2) is 0 Å². The van der Waals surface area contributed by atoms with Crippen LogP contribution in [-0.4, -0.2) is 43.4 Å². The Hall–Kier alpha value is -0.970. The Bertz CT molecular complexity index is 536. The van der Waals surface area contributed by atoms with E-state index in [1.807, 2.05) is 20.1 Å². The van der Waals surface area contributed by atoms with Gasteiger partial charge in [0.25, 0.3) is 0 Å². The largest absolute Gasteiger partial charge is 0.381 e. The lowest BCUT2D eigenvalue weighted by Crippen LogP contribution is -2.51. The van der Waals surface area contributed by atoms with Gasteiger partial charge in [-0.2, -0.15) is 0 Å². The minimum atomic E-state index is -0.156. The smallest absolute Gasteiger partial charge is 0.123 e. The van der Waals surface area contributed by atoms with Crippen LogP contribution in [0.1, 0.15) is 36.8 Å². The summed E-state index contributed by atoms with van der Waals surface area (Å²) in [6, 6.07) is 5.42. The zero-order valence-electron chi connectivity index (χ0n) is 13.8. The van der Waals surface area contributed by atoms with Crippen LogP contribution in [0.5, 0.6) is 0 Å². The number of likely N-dealkylation sites (tertiary alicyclic amines) is 1. The summed E-state index contributed by atoms with van der Waals surface area (Å²) in [5, 5.41) is 0. The molecule has 1 saturated heterocycles. The minimum absolute atomic E-state index is 0.0454. The summed E-state index contributed by atoms with van der Waals surface area (Å²) in [7, 11) is 3.62. The molecule has 4 heteroatoms. The van der Waals surface area contributed by atoms with Crippen molar-refractivity contribution in [2.75, 3.05) is 20.8 Å². The lowest BCUT2D eigenvalue weighted by atomic mass is 9.79. The Kier molecular flexibility index (Phi) is 4.53. The molecule has 122 valence electrons. The summed E-state index contributed by atoms with van der Waals surface area (Å²) < 4.78 is 25.1. The molecule has 0 unspecified atom stereocenters. The summed E-state index contributed by atoms with van der Waals surface area (Å²) >= 11 is 0. The third-order valence-electron chi connectivity index (χ3n) is 5.67. The number of methoxy groups -OCH3 is 2. The van der Waals surface area contributed by atoms with E-state index in [0.717, 1.165) is 49.9 Å². The third-order valence-corrected chi connectivity index (χ3v) is 5.67. The Morgan fingerprint density at radius 3 is 2.86 bits per heavy atom. The lowest BCUT2D eigenvalue weighted by Gasteiger charge is -2.43. The van der Waals surface area contributed by atoms with E-state index in [2.05, 4.69) is 4.90 Å². The molecule has 1 aromatic rings. The van der Waals surface area contributed by atoms with Gasteiger partial charge in [0, 0.05) is 33.4 Å². The average molecular weight is 307 g/mol. The number of hydrogen-bond acceptors (Lipinski definition) is 3. The molecule has 1 saturated carbocycles. The maximum atomic E-state index is 13.5. The van der Waals surface area contributed by atoms with Crippen LogP contribution in [0.3, 0.4) is 0 Å². The van der Waals surface area contributed by atoms with E-state index in [1.165, 1.54) is 6.07 Å².